The molecule has 0 aliphatic rings. The molecule has 0 bridgehead atoms. The van der Waals surface area contributed by atoms with Crippen molar-refractivity contribution >= 4 is 0 Å². The van der Waals surface area contributed by atoms with Crippen molar-refractivity contribution in [3.63, 3.8) is 0 Å². The van der Waals surface area contributed by atoms with Crippen molar-refractivity contribution < 1.29 is 37.7 Å². The van der Waals surface area contributed by atoms with Gasteiger partial charge in [-0.05, 0) is 0 Å². The van der Waals surface area contributed by atoms with Crippen molar-refractivity contribution in [3.05, 3.63) is 0 Å². The molecule has 0 aliphatic carbocycles. The molecule has 6 nitrogen and oxygen atoms in total. The molecule has 0 atom stereocenters. The van der Waals surface area contributed by atoms with Crippen molar-refractivity contribution in [1.82, 2.24) is 0 Å². The largest absolute Gasteiger partial charge is 3.00 e. The Hall–Kier alpha value is -1.39. The molecule has 0 rings (SSSR count). The van der Waals surface area contributed by atoms with Crippen LogP contribution in [0.3, 0.4) is 0 Å². The van der Waals surface area contributed by atoms with Gasteiger partial charge < -0.3 is 15.3 Å². The Morgan fingerprint density at radius 1 is 0.700 bits per heavy atom. The van der Waals surface area contributed by atoms with Gasteiger partial charge in [-0.3, -0.25) is 0 Å². The van der Waals surface area contributed by atoms with Crippen molar-refractivity contribution in [2.45, 2.75) is 0 Å². The monoisotopic (exact) mass is 323 g/mol. The Morgan fingerprint density at radius 3 is 0.700 bits per heavy atom. The normalized spacial score (nSPS) is 2.10. The van der Waals surface area contributed by atoms with Gasteiger partial charge in [0.05, 0.1) is 0 Å². The third-order valence-electron chi connectivity index (χ3n) is 0. The van der Waals surface area contributed by atoms with Crippen LogP contribution in [0.5, 0.6) is 0 Å². The zero-order valence-electron chi connectivity index (χ0n) is 4.37. The van der Waals surface area contributed by atoms with Crippen LogP contribution in [-0.2, 0) is 22.4 Å². The van der Waals surface area contributed by atoms with Crippen LogP contribution in [0, 0.1) is 34.6 Å². The SMILES string of the molecule is N#C[O-].N#C[O-].N#C[O-].[Au+3]. The quantitative estimate of drug-likeness (QED) is 0.334. The van der Waals surface area contributed by atoms with E-state index in [0.29, 0.717) is 18.8 Å². The molecular weight excluding hydrogens is 323 g/mol. The summed E-state index contributed by atoms with van der Waals surface area (Å²) in [6, 6.07) is 0. The van der Waals surface area contributed by atoms with Crippen LogP contribution in [0.2, 0.25) is 0 Å². The molecule has 0 amide bonds. The second kappa shape index (κ2) is 128. The van der Waals surface area contributed by atoms with Crippen molar-refractivity contribution in [3.8, 4) is 18.8 Å². The summed E-state index contributed by atoms with van der Waals surface area (Å²) in [5.41, 5.74) is 0. The van der Waals surface area contributed by atoms with Crippen LogP contribution in [0.4, 0.5) is 0 Å². The van der Waals surface area contributed by atoms with E-state index >= 15 is 0 Å². The topological polar surface area (TPSA) is 141 Å². The maximum atomic E-state index is 8.24. The Bertz CT molecular complexity index is 112. The summed E-state index contributed by atoms with van der Waals surface area (Å²) < 4.78 is 0. The number of rotatable bonds is 0. The molecule has 0 fully saturated rings. The van der Waals surface area contributed by atoms with E-state index in [1.54, 1.807) is 0 Å². The fourth-order valence-electron chi connectivity index (χ4n) is 0. The van der Waals surface area contributed by atoms with E-state index in [9.17, 15) is 0 Å². The van der Waals surface area contributed by atoms with Crippen LogP contribution in [0.25, 0.3) is 0 Å². The van der Waals surface area contributed by atoms with E-state index in [4.69, 9.17) is 31.1 Å². The minimum absolute atomic E-state index is 0. The molecule has 0 N–H and O–H groups in total. The molecule has 0 heterocycles. The first kappa shape index (κ1) is 23.5. The summed E-state index contributed by atoms with van der Waals surface area (Å²) in [6.45, 7) is 0. The third kappa shape index (κ3) is 108. The van der Waals surface area contributed by atoms with Gasteiger partial charge in [0.15, 0.2) is 0 Å². The summed E-state index contributed by atoms with van der Waals surface area (Å²) in [7, 11) is 0. The zero-order valence-corrected chi connectivity index (χ0v) is 6.53. The van der Waals surface area contributed by atoms with E-state index in [-0.39, 0.29) is 22.4 Å². The molecule has 10 heavy (non-hydrogen) atoms. The molecule has 0 saturated carbocycles. The Kier molecular flexibility index (Phi) is 301. The van der Waals surface area contributed by atoms with Gasteiger partial charge in [0.1, 0.15) is 0 Å². The van der Waals surface area contributed by atoms with Gasteiger partial charge in [0.25, 0.3) is 0 Å². The second-order valence-corrected chi connectivity index (χ2v) is 0.274. The average Bonchev–Trinajstić information content (AvgIpc) is 1.70. The summed E-state index contributed by atoms with van der Waals surface area (Å²) in [4.78, 5) is 0. The van der Waals surface area contributed by atoms with Crippen LogP contribution in [-0.4, -0.2) is 0 Å². The van der Waals surface area contributed by atoms with Gasteiger partial charge in [-0.2, -0.15) is 0 Å². The molecule has 0 spiro atoms. The summed E-state index contributed by atoms with van der Waals surface area (Å²) in [5.74, 6) is 0. The zero-order chi connectivity index (χ0) is 8.12. The van der Waals surface area contributed by atoms with E-state index in [0.717, 1.165) is 0 Å². The van der Waals surface area contributed by atoms with Gasteiger partial charge in [-0.25, -0.2) is 15.8 Å². The summed E-state index contributed by atoms with van der Waals surface area (Å²) in [6.07, 6.45) is 1.50. The van der Waals surface area contributed by atoms with Gasteiger partial charge in [0, 0.05) is 18.8 Å². The Morgan fingerprint density at radius 2 is 0.700 bits per heavy atom. The molecule has 0 saturated heterocycles. The first-order valence-corrected chi connectivity index (χ1v) is 1.28. The summed E-state index contributed by atoms with van der Waals surface area (Å²) >= 11 is 0. The first-order valence-electron chi connectivity index (χ1n) is 1.28. The molecule has 0 aromatic carbocycles. The number of nitrogens with zero attached hydrogens (tertiary/aromatic N) is 3. The molecule has 0 aromatic heterocycles. The van der Waals surface area contributed by atoms with Crippen LogP contribution in [0.15, 0.2) is 0 Å². The smallest absolute Gasteiger partial charge is 0.812 e. The molecule has 0 aliphatic heterocycles. The van der Waals surface area contributed by atoms with Crippen molar-refractivity contribution in [2.75, 3.05) is 0 Å². The van der Waals surface area contributed by atoms with Crippen molar-refractivity contribution in [2.24, 2.45) is 0 Å². The predicted molar refractivity (Wildman–Crippen MR) is 16.8 cm³/mol. The fraction of sp³-hybridized carbons (Fsp3) is 0. The van der Waals surface area contributed by atoms with E-state index in [1.807, 2.05) is 0 Å². The van der Waals surface area contributed by atoms with E-state index in [1.165, 1.54) is 0 Å². The van der Waals surface area contributed by atoms with Gasteiger partial charge in [-0.15, -0.1) is 0 Å². The van der Waals surface area contributed by atoms with Crippen LogP contribution < -0.4 is 15.3 Å². The van der Waals surface area contributed by atoms with Crippen LogP contribution >= 0.6 is 0 Å². The minimum Gasteiger partial charge on any atom is -0.812 e. The fourth-order valence-corrected chi connectivity index (χ4v) is 0. The number of hydrogen-bond acceptors (Lipinski definition) is 6. The first-order chi connectivity index (χ1) is 4.24. The molecular formula is C3AuN3O3. The van der Waals surface area contributed by atoms with Gasteiger partial charge in [-0.1, -0.05) is 0 Å². The summed E-state index contributed by atoms with van der Waals surface area (Å²) in [5, 5.41) is 45.0. The van der Waals surface area contributed by atoms with Crippen LogP contribution in [0.1, 0.15) is 0 Å². The van der Waals surface area contributed by atoms with E-state index in [2.05, 4.69) is 0 Å². The standard InChI is InChI=1S/3CHNO.Au/c3*2-1-3;/h3*3H;/q;;;+3/p-3. The maximum Gasteiger partial charge on any atom is 3.00 e. The second-order valence-electron chi connectivity index (χ2n) is 0.274. The molecule has 7 heteroatoms. The molecule has 0 radical (unpaired) electrons. The van der Waals surface area contributed by atoms with Crippen molar-refractivity contribution in [1.29, 1.82) is 15.8 Å². The average molecular weight is 323 g/mol. The molecule has 56 valence electrons. The predicted octanol–water partition coefficient (Wildman–Crippen LogP) is -3.52. The van der Waals surface area contributed by atoms with Gasteiger partial charge >= 0.3 is 22.4 Å². The van der Waals surface area contributed by atoms with Gasteiger partial charge in [0.2, 0.25) is 0 Å². The third-order valence-corrected chi connectivity index (χ3v) is 0. The molecule has 0 unspecified atom stereocenters. The molecule has 0 aromatic rings. The number of hydrogen-bond donors (Lipinski definition) is 0. The Labute approximate surface area is 72.7 Å². The number of nitriles is 3. The Balaban J connectivity index is -0.0000000257. The van der Waals surface area contributed by atoms with E-state index < -0.39 is 0 Å². The minimum atomic E-state index is 0. The maximum absolute atomic E-state index is 8.24.